The van der Waals surface area contributed by atoms with Crippen LogP contribution < -0.4 is 0 Å². The summed E-state index contributed by atoms with van der Waals surface area (Å²) in [6, 6.07) is 15.4. The Kier molecular flexibility index (Phi) is 5.98. The number of benzene rings is 2. The maximum Gasteiger partial charge on any atom is 0.302 e. The molecule has 2 aromatic rings. The molecule has 1 aliphatic heterocycles. The molecule has 0 spiro atoms. The van der Waals surface area contributed by atoms with Gasteiger partial charge in [-0.3, -0.25) is 9.69 Å². The molecule has 150 valence electrons. The van der Waals surface area contributed by atoms with Crippen LogP contribution in [0.3, 0.4) is 0 Å². The molecule has 0 bridgehead atoms. The molecule has 28 heavy (non-hydrogen) atoms. The van der Waals surface area contributed by atoms with Gasteiger partial charge in [0.15, 0.2) is 0 Å². The Morgan fingerprint density at radius 3 is 2.71 bits per heavy atom. The predicted molar refractivity (Wildman–Crippen MR) is 111 cm³/mol. The number of hydrogen-bond acceptors (Lipinski definition) is 4. The molecule has 1 aliphatic carbocycles. The standard InChI is InChI=1S/C24H31NO3/c1-17(21-11-7-9-19-8-3-4-10-22(19)21)27-24-13-6-5-12-23(24)25-15-14-20(16-25)28-18(2)26/h3-4,7-11,17,20,23-24H,5-6,12-16H2,1-2H3/t17?,20?,23-,24-/m0/s1. The van der Waals surface area contributed by atoms with E-state index in [1.165, 1.54) is 42.5 Å². The quantitative estimate of drug-likeness (QED) is 0.693. The number of ether oxygens (including phenoxy) is 2. The van der Waals surface area contributed by atoms with E-state index in [-0.39, 0.29) is 24.3 Å². The van der Waals surface area contributed by atoms with Gasteiger partial charge in [-0.15, -0.1) is 0 Å². The van der Waals surface area contributed by atoms with E-state index in [4.69, 9.17) is 9.47 Å². The van der Waals surface area contributed by atoms with Crippen LogP contribution in [-0.2, 0) is 14.3 Å². The zero-order chi connectivity index (χ0) is 19.5. The molecule has 0 radical (unpaired) electrons. The van der Waals surface area contributed by atoms with Gasteiger partial charge in [0.25, 0.3) is 0 Å². The van der Waals surface area contributed by atoms with E-state index in [9.17, 15) is 4.79 Å². The average molecular weight is 382 g/mol. The molecule has 0 amide bonds. The third-order valence-corrected chi connectivity index (χ3v) is 6.29. The molecule has 1 saturated heterocycles. The molecule has 4 heteroatoms. The third-order valence-electron chi connectivity index (χ3n) is 6.29. The van der Waals surface area contributed by atoms with Crippen LogP contribution in [0.2, 0.25) is 0 Å². The summed E-state index contributed by atoms with van der Waals surface area (Å²) in [6.45, 7) is 5.51. The number of esters is 1. The van der Waals surface area contributed by atoms with Gasteiger partial charge in [0.1, 0.15) is 6.10 Å². The fraction of sp³-hybridized carbons (Fsp3) is 0.542. The maximum absolute atomic E-state index is 11.3. The van der Waals surface area contributed by atoms with Crippen LogP contribution in [0.1, 0.15) is 57.6 Å². The fourth-order valence-electron chi connectivity index (χ4n) is 4.98. The lowest BCUT2D eigenvalue weighted by Crippen LogP contribution is -2.46. The van der Waals surface area contributed by atoms with Crippen LogP contribution in [-0.4, -0.2) is 42.2 Å². The Bertz CT molecular complexity index is 815. The van der Waals surface area contributed by atoms with Gasteiger partial charge < -0.3 is 9.47 Å². The van der Waals surface area contributed by atoms with Crippen LogP contribution in [0.4, 0.5) is 0 Å². The average Bonchev–Trinajstić information content (AvgIpc) is 3.15. The molecule has 0 aromatic heterocycles. The largest absolute Gasteiger partial charge is 0.461 e. The zero-order valence-corrected chi connectivity index (χ0v) is 17.0. The zero-order valence-electron chi connectivity index (χ0n) is 17.0. The number of likely N-dealkylation sites (tertiary alicyclic amines) is 1. The van der Waals surface area contributed by atoms with E-state index in [0.29, 0.717) is 6.04 Å². The molecule has 2 fully saturated rings. The lowest BCUT2D eigenvalue weighted by atomic mass is 9.91. The Morgan fingerprint density at radius 1 is 1.07 bits per heavy atom. The summed E-state index contributed by atoms with van der Waals surface area (Å²) >= 11 is 0. The molecule has 2 aliphatic rings. The molecule has 1 heterocycles. The molecule has 2 unspecified atom stereocenters. The Labute approximate surface area is 167 Å². The second-order valence-electron chi connectivity index (χ2n) is 8.25. The Hall–Kier alpha value is -1.91. The van der Waals surface area contributed by atoms with Crippen molar-refractivity contribution in [2.45, 2.75) is 70.3 Å². The lowest BCUT2D eigenvalue weighted by Gasteiger charge is -2.39. The van der Waals surface area contributed by atoms with Gasteiger partial charge in [-0.1, -0.05) is 55.3 Å². The number of fused-ring (bicyclic) bond motifs is 1. The van der Waals surface area contributed by atoms with Gasteiger partial charge in [0, 0.05) is 26.1 Å². The summed E-state index contributed by atoms with van der Waals surface area (Å²) in [5.41, 5.74) is 1.27. The van der Waals surface area contributed by atoms with Crippen LogP contribution in [0.15, 0.2) is 42.5 Å². The van der Waals surface area contributed by atoms with Gasteiger partial charge in [0.2, 0.25) is 0 Å². The van der Waals surface area contributed by atoms with Crippen LogP contribution >= 0.6 is 0 Å². The van der Waals surface area contributed by atoms with E-state index < -0.39 is 0 Å². The van der Waals surface area contributed by atoms with Crippen LogP contribution in [0, 0.1) is 0 Å². The molecule has 2 aromatic carbocycles. The number of carbonyl (C=O) groups excluding carboxylic acids is 1. The highest BCUT2D eigenvalue weighted by Gasteiger charge is 2.37. The maximum atomic E-state index is 11.3. The molecule has 4 nitrogen and oxygen atoms in total. The van der Waals surface area contributed by atoms with E-state index in [2.05, 4.69) is 54.3 Å². The first-order valence-electron chi connectivity index (χ1n) is 10.7. The SMILES string of the molecule is CC(=O)OC1CCN([C@H]2CCCC[C@@H]2OC(C)c2cccc3ccccc23)C1. The molecule has 0 N–H and O–H groups in total. The summed E-state index contributed by atoms with van der Waals surface area (Å²) < 4.78 is 12.1. The van der Waals surface area contributed by atoms with Crippen molar-refractivity contribution in [3.8, 4) is 0 Å². The van der Waals surface area contributed by atoms with Gasteiger partial charge in [0.05, 0.1) is 12.2 Å². The molecule has 4 rings (SSSR count). The first kappa shape index (κ1) is 19.4. The second kappa shape index (κ2) is 8.62. The topological polar surface area (TPSA) is 38.8 Å². The monoisotopic (exact) mass is 381 g/mol. The first-order chi connectivity index (χ1) is 13.6. The normalized spacial score (nSPS) is 27.0. The minimum atomic E-state index is -0.173. The molecular weight excluding hydrogens is 350 g/mol. The summed E-state index contributed by atoms with van der Waals surface area (Å²) in [7, 11) is 0. The van der Waals surface area contributed by atoms with E-state index in [1.807, 2.05) is 0 Å². The van der Waals surface area contributed by atoms with Crippen molar-refractivity contribution in [3.63, 3.8) is 0 Å². The summed E-state index contributed by atoms with van der Waals surface area (Å²) in [6.07, 6.45) is 6.01. The highest BCUT2D eigenvalue weighted by molar-refractivity contribution is 5.85. The third kappa shape index (κ3) is 4.23. The molecule has 4 atom stereocenters. The fourth-order valence-corrected chi connectivity index (χ4v) is 4.98. The minimum Gasteiger partial charge on any atom is -0.461 e. The minimum absolute atomic E-state index is 0.0376. The summed E-state index contributed by atoms with van der Waals surface area (Å²) in [5.74, 6) is -0.173. The smallest absolute Gasteiger partial charge is 0.302 e. The van der Waals surface area contributed by atoms with Crippen LogP contribution in [0.5, 0.6) is 0 Å². The summed E-state index contributed by atoms with van der Waals surface area (Å²) in [5, 5.41) is 2.54. The van der Waals surface area contributed by atoms with Crippen molar-refractivity contribution in [1.82, 2.24) is 4.90 Å². The van der Waals surface area contributed by atoms with Gasteiger partial charge in [-0.05, 0) is 42.5 Å². The first-order valence-corrected chi connectivity index (χ1v) is 10.7. The van der Waals surface area contributed by atoms with E-state index in [1.54, 1.807) is 0 Å². The number of hydrogen-bond donors (Lipinski definition) is 0. The summed E-state index contributed by atoms with van der Waals surface area (Å²) in [4.78, 5) is 13.8. The lowest BCUT2D eigenvalue weighted by molar-refractivity contribution is -0.146. The van der Waals surface area contributed by atoms with Gasteiger partial charge in [-0.2, -0.15) is 0 Å². The van der Waals surface area contributed by atoms with Crippen LogP contribution in [0.25, 0.3) is 10.8 Å². The molecule has 1 saturated carbocycles. The van der Waals surface area contributed by atoms with Crippen molar-refractivity contribution >= 4 is 16.7 Å². The van der Waals surface area contributed by atoms with Gasteiger partial charge in [-0.25, -0.2) is 0 Å². The van der Waals surface area contributed by atoms with Crippen molar-refractivity contribution in [1.29, 1.82) is 0 Å². The van der Waals surface area contributed by atoms with Crippen molar-refractivity contribution in [3.05, 3.63) is 48.0 Å². The molecular formula is C24H31NO3. The predicted octanol–water partition coefficient (Wildman–Crippen LogP) is 4.87. The Balaban J connectivity index is 1.47. The number of carbonyl (C=O) groups is 1. The van der Waals surface area contributed by atoms with E-state index >= 15 is 0 Å². The van der Waals surface area contributed by atoms with Crippen molar-refractivity contribution in [2.75, 3.05) is 13.1 Å². The Morgan fingerprint density at radius 2 is 1.86 bits per heavy atom. The second-order valence-corrected chi connectivity index (χ2v) is 8.25. The van der Waals surface area contributed by atoms with Gasteiger partial charge >= 0.3 is 5.97 Å². The number of rotatable bonds is 5. The highest BCUT2D eigenvalue weighted by atomic mass is 16.5. The number of nitrogens with zero attached hydrogens (tertiary/aromatic N) is 1. The van der Waals surface area contributed by atoms with Crippen molar-refractivity contribution < 1.29 is 14.3 Å². The van der Waals surface area contributed by atoms with E-state index in [0.717, 1.165) is 25.9 Å². The highest BCUT2D eigenvalue weighted by Crippen LogP contribution is 2.34. The van der Waals surface area contributed by atoms with Crippen molar-refractivity contribution in [2.24, 2.45) is 0 Å².